The lowest BCUT2D eigenvalue weighted by molar-refractivity contribution is -0.121. The third-order valence-electron chi connectivity index (χ3n) is 6.59. The van der Waals surface area contributed by atoms with Crippen molar-refractivity contribution in [3.8, 4) is 5.75 Å². The van der Waals surface area contributed by atoms with Gasteiger partial charge in [-0.15, -0.1) is 0 Å². The molecule has 1 N–H and O–H groups in total. The average molecular weight is 510 g/mol. The Morgan fingerprint density at radius 2 is 1.76 bits per heavy atom. The van der Waals surface area contributed by atoms with Gasteiger partial charge in [-0.1, -0.05) is 54.1 Å². The van der Waals surface area contributed by atoms with Crippen LogP contribution >= 0.6 is 11.6 Å². The van der Waals surface area contributed by atoms with Gasteiger partial charge < -0.3 is 14.6 Å². The number of pyridine rings is 1. The van der Waals surface area contributed by atoms with Crippen molar-refractivity contribution < 1.29 is 9.53 Å². The van der Waals surface area contributed by atoms with Gasteiger partial charge in [0, 0.05) is 59.9 Å². The number of carbonyl (C=O) groups excluding carboxylic acids is 1. The largest absolute Gasteiger partial charge is 0.497 e. The summed E-state index contributed by atoms with van der Waals surface area (Å²) in [7, 11) is 1.67. The number of carbonyl (C=O) groups is 1. The lowest BCUT2D eigenvalue weighted by Crippen LogP contribution is -2.25. The first-order valence-corrected chi connectivity index (χ1v) is 12.6. The highest BCUT2D eigenvalue weighted by Crippen LogP contribution is 2.36. The predicted octanol–water partition coefficient (Wildman–Crippen LogP) is 6.59. The van der Waals surface area contributed by atoms with Gasteiger partial charge in [0.05, 0.1) is 7.11 Å². The number of hydrogen-bond donors (Lipinski definition) is 1. The van der Waals surface area contributed by atoms with Gasteiger partial charge in [-0.2, -0.15) is 0 Å². The van der Waals surface area contributed by atoms with Crippen LogP contribution in [0.1, 0.15) is 34.6 Å². The lowest BCUT2D eigenvalue weighted by Gasteiger charge is -2.18. The first-order chi connectivity index (χ1) is 18.1. The molecule has 5 aromatic rings. The van der Waals surface area contributed by atoms with E-state index in [1.54, 1.807) is 19.5 Å². The molecule has 0 aliphatic carbocycles. The summed E-state index contributed by atoms with van der Waals surface area (Å²) in [5.74, 6) is 0.660. The van der Waals surface area contributed by atoms with Crippen molar-refractivity contribution >= 4 is 28.4 Å². The van der Waals surface area contributed by atoms with E-state index < -0.39 is 0 Å². The number of methoxy groups -OCH3 is 1. The van der Waals surface area contributed by atoms with E-state index in [9.17, 15) is 4.79 Å². The second-order valence-corrected chi connectivity index (χ2v) is 9.46. The van der Waals surface area contributed by atoms with Crippen LogP contribution in [0.3, 0.4) is 0 Å². The quantitative estimate of drug-likeness (QED) is 0.244. The summed E-state index contributed by atoms with van der Waals surface area (Å²) in [6.45, 7) is 1.17. The van der Waals surface area contributed by atoms with Crippen molar-refractivity contribution in [2.45, 2.75) is 25.4 Å². The van der Waals surface area contributed by atoms with E-state index in [1.165, 1.54) is 5.56 Å². The van der Waals surface area contributed by atoms with E-state index in [-0.39, 0.29) is 11.8 Å². The molecule has 0 aliphatic heterocycles. The lowest BCUT2D eigenvalue weighted by atomic mass is 9.88. The molecule has 6 heteroatoms. The van der Waals surface area contributed by atoms with E-state index in [4.69, 9.17) is 16.3 Å². The van der Waals surface area contributed by atoms with Crippen LogP contribution in [0.25, 0.3) is 10.9 Å². The van der Waals surface area contributed by atoms with Gasteiger partial charge in [-0.05, 0) is 64.7 Å². The van der Waals surface area contributed by atoms with Gasteiger partial charge in [0.1, 0.15) is 5.75 Å². The summed E-state index contributed by atoms with van der Waals surface area (Å²) in [6, 6.07) is 28.1. The van der Waals surface area contributed by atoms with Crippen LogP contribution in [0.5, 0.6) is 5.75 Å². The van der Waals surface area contributed by atoms with Crippen LogP contribution < -0.4 is 10.1 Å². The molecule has 0 saturated heterocycles. The maximum atomic E-state index is 13.2. The number of benzene rings is 3. The number of halogens is 1. The minimum atomic E-state index is -0.154. The third kappa shape index (κ3) is 5.84. The summed E-state index contributed by atoms with van der Waals surface area (Å²) in [6.07, 6.45) is 5.94. The second-order valence-electron chi connectivity index (χ2n) is 9.02. The summed E-state index contributed by atoms with van der Waals surface area (Å²) < 4.78 is 7.56. The molecule has 186 valence electrons. The predicted molar refractivity (Wildman–Crippen MR) is 148 cm³/mol. The van der Waals surface area contributed by atoms with Crippen LogP contribution in [-0.2, 0) is 17.9 Å². The fourth-order valence-corrected chi connectivity index (χ4v) is 4.90. The minimum absolute atomic E-state index is 0.0197. The highest BCUT2D eigenvalue weighted by atomic mass is 35.5. The highest BCUT2D eigenvalue weighted by Gasteiger charge is 2.23. The van der Waals surface area contributed by atoms with Crippen LogP contribution in [0.15, 0.2) is 104 Å². The van der Waals surface area contributed by atoms with Crippen LogP contribution in [0, 0.1) is 0 Å². The van der Waals surface area contributed by atoms with E-state index in [1.807, 2.05) is 60.7 Å². The van der Waals surface area contributed by atoms with Gasteiger partial charge in [-0.25, -0.2) is 0 Å². The number of amides is 1. The standard InChI is InChI=1S/C31H28ClN3O2/c1-37-26-11-9-23(10-12-26)20-35-21-29(27-7-2-3-8-30(27)35)28(24-5-4-6-25(32)17-24)18-31(36)34-19-22-13-15-33-16-14-22/h2-17,21,28H,18-20H2,1H3,(H,34,36)/t28-/m1/s1. The van der Waals surface area contributed by atoms with Gasteiger partial charge in [-0.3, -0.25) is 9.78 Å². The summed E-state index contributed by atoms with van der Waals surface area (Å²) in [5.41, 5.74) is 5.42. The molecule has 1 atom stereocenters. The minimum Gasteiger partial charge on any atom is -0.497 e. The Kier molecular flexibility index (Phi) is 7.52. The number of hydrogen-bond acceptors (Lipinski definition) is 3. The fourth-order valence-electron chi connectivity index (χ4n) is 4.70. The van der Waals surface area contributed by atoms with Crippen LogP contribution in [-0.4, -0.2) is 22.6 Å². The zero-order chi connectivity index (χ0) is 25.6. The number of rotatable bonds is 9. The Morgan fingerprint density at radius 1 is 0.973 bits per heavy atom. The number of aromatic nitrogens is 2. The average Bonchev–Trinajstić information content (AvgIpc) is 3.29. The Bertz CT molecular complexity index is 1500. The van der Waals surface area contributed by atoms with E-state index in [0.29, 0.717) is 24.5 Å². The number of nitrogens with zero attached hydrogens (tertiary/aromatic N) is 2. The molecule has 37 heavy (non-hydrogen) atoms. The number of ether oxygens (including phenoxy) is 1. The summed E-state index contributed by atoms with van der Waals surface area (Å²) >= 11 is 6.39. The third-order valence-corrected chi connectivity index (χ3v) is 6.82. The van der Waals surface area contributed by atoms with E-state index in [0.717, 1.165) is 33.3 Å². The van der Waals surface area contributed by atoms with Gasteiger partial charge in [0.25, 0.3) is 0 Å². The van der Waals surface area contributed by atoms with Crippen molar-refractivity contribution in [2.75, 3.05) is 7.11 Å². The smallest absolute Gasteiger partial charge is 0.221 e. The Labute approximate surface area is 221 Å². The SMILES string of the molecule is COc1ccc(Cn2cc([C@H](CC(=O)NCc3ccncc3)c3cccc(Cl)c3)c3ccccc32)cc1. The van der Waals surface area contributed by atoms with E-state index >= 15 is 0 Å². The zero-order valence-corrected chi connectivity index (χ0v) is 21.4. The van der Waals surface area contributed by atoms with Crippen molar-refractivity contribution in [3.05, 3.63) is 131 Å². The van der Waals surface area contributed by atoms with Gasteiger partial charge in [0.2, 0.25) is 5.91 Å². The molecule has 1 amide bonds. The zero-order valence-electron chi connectivity index (χ0n) is 20.6. The molecular formula is C31H28ClN3O2. The second kappa shape index (κ2) is 11.3. The molecule has 3 aromatic carbocycles. The van der Waals surface area contributed by atoms with Crippen LogP contribution in [0.4, 0.5) is 0 Å². The molecule has 0 aliphatic rings. The number of para-hydroxylation sites is 1. The molecule has 5 nitrogen and oxygen atoms in total. The maximum absolute atomic E-state index is 13.2. The maximum Gasteiger partial charge on any atom is 0.221 e. The fraction of sp³-hybridized carbons (Fsp3) is 0.161. The van der Waals surface area contributed by atoms with Crippen molar-refractivity contribution in [1.82, 2.24) is 14.9 Å². The molecule has 2 aromatic heterocycles. The van der Waals surface area contributed by atoms with Crippen molar-refractivity contribution in [1.29, 1.82) is 0 Å². The molecule has 0 unspecified atom stereocenters. The monoisotopic (exact) mass is 509 g/mol. The number of fused-ring (bicyclic) bond motifs is 1. The first-order valence-electron chi connectivity index (χ1n) is 12.2. The van der Waals surface area contributed by atoms with Crippen molar-refractivity contribution in [2.24, 2.45) is 0 Å². The van der Waals surface area contributed by atoms with E-state index in [2.05, 4.69) is 45.3 Å². The first kappa shape index (κ1) is 24.6. The van der Waals surface area contributed by atoms with Gasteiger partial charge >= 0.3 is 0 Å². The van der Waals surface area contributed by atoms with Crippen molar-refractivity contribution in [3.63, 3.8) is 0 Å². The molecule has 0 bridgehead atoms. The van der Waals surface area contributed by atoms with Gasteiger partial charge in [0.15, 0.2) is 0 Å². The molecule has 0 radical (unpaired) electrons. The number of nitrogens with one attached hydrogen (secondary N) is 1. The summed E-state index contributed by atoms with van der Waals surface area (Å²) in [4.78, 5) is 17.2. The topological polar surface area (TPSA) is 56.1 Å². The Balaban J connectivity index is 1.48. The van der Waals surface area contributed by atoms with Crippen LogP contribution in [0.2, 0.25) is 5.02 Å². The summed E-state index contributed by atoms with van der Waals surface area (Å²) in [5, 5.41) is 4.85. The Morgan fingerprint density at radius 3 is 2.51 bits per heavy atom. The highest BCUT2D eigenvalue weighted by molar-refractivity contribution is 6.30. The molecule has 0 spiro atoms. The molecule has 2 heterocycles. The Hall–Kier alpha value is -4.09. The normalized spacial score (nSPS) is 11.8. The molecule has 0 fully saturated rings. The molecular weight excluding hydrogens is 482 g/mol. The molecule has 0 saturated carbocycles. The molecule has 5 rings (SSSR count).